The zero-order valence-electron chi connectivity index (χ0n) is 20.7. The molecule has 1 saturated heterocycles. The van der Waals surface area contributed by atoms with Gasteiger partial charge in [-0.25, -0.2) is 14.4 Å². The predicted molar refractivity (Wildman–Crippen MR) is 143 cm³/mol. The number of nitrogens with zero attached hydrogens (tertiary/aromatic N) is 4. The van der Waals surface area contributed by atoms with Gasteiger partial charge in [0.15, 0.2) is 0 Å². The third kappa shape index (κ3) is 5.41. The molecule has 1 amide bonds. The Balaban J connectivity index is 1.50. The summed E-state index contributed by atoms with van der Waals surface area (Å²) in [4.78, 5) is 27.6. The topological polar surface area (TPSA) is 92.3 Å². The molecule has 0 bridgehead atoms. The van der Waals surface area contributed by atoms with Crippen LogP contribution in [0.2, 0.25) is 0 Å². The minimum Gasteiger partial charge on any atom is -0.487 e. The van der Waals surface area contributed by atoms with Crippen molar-refractivity contribution in [2.24, 2.45) is 0 Å². The monoisotopic (exact) mass is 498 g/mol. The molecule has 1 fully saturated rings. The Kier molecular flexibility index (Phi) is 6.78. The van der Waals surface area contributed by atoms with Crippen LogP contribution in [0.25, 0.3) is 22.2 Å². The molecule has 4 aromatic rings. The molecule has 2 N–H and O–H groups in total. The fourth-order valence-corrected chi connectivity index (χ4v) is 4.35. The standard InChI is InChI=1S/C28H27FN6O2/c1-4-27(36)34-25-13-21-24(14-26(25)37-19-8-10-35(3)15-19)31-16-32-28(21)33-18-7-9-30-23(12-18)20-6-5-17(2)11-22(20)29/h4-7,9,11-14,16,19H,1,8,10,15H2,2-3H3,(H,34,36)(H,30,31,32,33)/t19-/m1/s1. The Bertz CT molecular complexity index is 1490. The minimum absolute atomic E-state index is 0.0127. The summed E-state index contributed by atoms with van der Waals surface area (Å²) in [6.07, 6.45) is 5.19. The van der Waals surface area contributed by atoms with Crippen molar-refractivity contribution in [2.75, 3.05) is 30.8 Å². The number of carbonyl (C=O) groups is 1. The van der Waals surface area contributed by atoms with Crippen molar-refractivity contribution in [3.05, 3.63) is 79.0 Å². The Hall–Kier alpha value is -4.37. The van der Waals surface area contributed by atoms with Gasteiger partial charge in [0.25, 0.3) is 0 Å². The van der Waals surface area contributed by atoms with Crippen LogP contribution >= 0.6 is 0 Å². The van der Waals surface area contributed by atoms with Crippen LogP contribution in [0.1, 0.15) is 12.0 Å². The largest absolute Gasteiger partial charge is 0.487 e. The molecule has 0 unspecified atom stereocenters. The van der Waals surface area contributed by atoms with E-state index in [9.17, 15) is 9.18 Å². The molecule has 1 aliphatic rings. The van der Waals surface area contributed by atoms with Gasteiger partial charge in [0, 0.05) is 42.0 Å². The number of benzene rings is 2. The fourth-order valence-electron chi connectivity index (χ4n) is 4.35. The molecule has 188 valence electrons. The third-order valence-electron chi connectivity index (χ3n) is 6.24. The number of halogens is 1. The second-order valence-electron chi connectivity index (χ2n) is 9.11. The lowest BCUT2D eigenvalue weighted by molar-refractivity contribution is -0.111. The highest BCUT2D eigenvalue weighted by Crippen LogP contribution is 2.35. The van der Waals surface area contributed by atoms with Gasteiger partial charge in [0.05, 0.1) is 16.9 Å². The molecule has 3 heterocycles. The maximum atomic E-state index is 14.5. The molecule has 8 nitrogen and oxygen atoms in total. The molecule has 0 radical (unpaired) electrons. The van der Waals surface area contributed by atoms with E-state index < -0.39 is 0 Å². The SMILES string of the molecule is C=CC(=O)Nc1cc2c(Nc3ccnc(-c4ccc(C)cc4F)c3)ncnc2cc1O[C@@H]1CCN(C)C1. The maximum absolute atomic E-state index is 14.5. The van der Waals surface area contributed by atoms with Crippen molar-refractivity contribution < 1.29 is 13.9 Å². The number of amides is 1. The van der Waals surface area contributed by atoms with E-state index in [-0.39, 0.29) is 17.8 Å². The van der Waals surface area contributed by atoms with E-state index in [0.717, 1.165) is 25.1 Å². The summed E-state index contributed by atoms with van der Waals surface area (Å²) in [5.41, 5.74) is 3.57. The molecule has 1 atom stereocenters. The first-order chi connectivity index (χ1) is 17.9. The molecular formula is C28H27FN6O2. The molecular weight excluding hydrogens is 471 g/mol. The minimum atomic E-state index is -0.349. The number of aromatic nitrogens is 3. The molecule has 0 spiro atoms. The van der Waals surface area contributed by atoms with E-state index in [2.05, 4.69) is 37.1 Å². The van der Waals surface area contributed by atoms with E-state index in [4.69, 9.17) is 4.74 Å². The second-order valence-corrected chi connectivity index (χ2v) is 9.11. The molecule has 2 aromatic heterocycles. The van der Waals surface area contributed by atoms with E-state index in [1.807, 2.05) is 20.0 Å². The lowest BCUT2D eigenvalue weighted by Crippen LogP contribution is -2.22. The number of anilines is 3. The van der Waals surface area contributed by atoms with E-state index in [0.29, 0.717) is 45.1 Å². The summed E-state index contributed by atoms with van der Waals surface area (Å²) in [7, 11) is 2.05. The zero-order valence-corrected chi connectivity index (χ0v) is 20.7. The Labute approximate surface area is 214 Å². The molecule has 2 aromatic carbocycles. The van der Waals surface area contributed by atoms with Crippen molar-refractivity contribution in [2.45, 2.75) is 19.4 Å². The molecule has 9 heteroatoms. The molecule has 0 saturated carbocycles. The van der Waals surface area contributed by atoms with Crippen LogP contribution in [0.5, 0.6) is 5.75 Å². The van der Waals surface area contributed by atoms with E-state index in [1.165, 1.54) is 18.5 Å². The number of hydrogen-bond acceptors (Lipinski definition) is 7. The van der Waals surface area contributed by atoms with Crippen molar-refractivity contribution in [1.82, 2.24) is 19.9 Å². The summed E-state index contributed by atoms with van der Waals surface area (Å²) in [6, 6.07) is 12.2. The maximum Gasteiger partial charge on any atom is 0.247 e. The number of ether oxygens (including phenoxy) is 1. The van der Waals surface area contributed by atoms with Crippen LogP contribution in [0, 0.1) is 12.7 Å². The first-order valence-electron chi connectivity index (χ1n) is 12.0. The summed E-state index contributed by atoms with van der Waals surface area (Å²) < 4.78 is 20.8. The highest BCUT2D eigenvalue weighted by Gasteiger charge is 2.23. The summed E-state index contributed by atoms with van der Waals surface area (Å²) >= 11 is 0. The number of nitrogens with one attached hydrogen (secondary N) is 2. The van der Waals surface area contributed by atoms with Crippen LogP contribution in [0.3, 0.4) is 0 Å². The average Bonchev–Trinajstić information content (AvgIpc) is 3.29. The molecule has 0 aliphatic carbocycles. The van der Waals surface area contributed by atoms with Crippen LogP contribution in [-0.4, -0.2) is 52.0 Å². The summed E-state index contributed by atoms with van der Waals surface area (Å²) in [5.74, 6) is 0.375. The van der Waals surface area contributed by atoms with Gasteiger partial charge < -0.3 is 20.3 Å². The quantitative estimate of drug-likeness (QED) is 0.343. The van der Waals surface area contributed by atoms with Gasteiger partial charge in [0.2, 0.25) is 5.91 Å². The molecule has 1 aliphatic heterocycles. The van der Waals surface area contributed by atoms with Crippen molar-refractivity contribution in [3.8, 4) is 17.0 Å². The van der Waals surface area contributed by atoms with Crippen LogP contribution in [0.4, 0.5) is 21.6 Å². The predicted octanol–water partition coefficient (Wildman–Crippen LogP) is 5.09. The van der Waals surface area contributed by atoms with Gasteiger partial charge in [-0.2, -0.15) is 0 Å². The second kappa shape index (κ2) is 10.3. The van der Waals surface area contributed by atoms with Crippen LogP contribution in [0.15, 0.2) is 67.6 Å². The fraction of sp³-hybridized carbons (Fsp3) is 0.214. The average molecular weight is 499 g/mol. The van der Waals surface area contributed by atoms with Gasteiger partial charge in [-0.1, -0.05) is 12.6 Å². The first-order valence-corrected chi connectivity index (χ1v) is 12.0. The third-order valence-corrected chi connectivity index (χ3v) is 6.24. The first kappa shape index (κ1) is 24.3. The van der Waals surface area contributed by atoms with Crippen molar-refractivity contribution in [1.29, 1.82) is 0 Å². The lowest BCUT2D eigenvalue weighted by atomic mass is 10.1. The number of likely N-dealkylation sites (tertiary alicyclic amines) is 1. The van der Waals surface area contributed by atoms with Crippen LogP contribution < -0.4 is 15.4 Å². The smallest absolute Gasteiger partial charge is 0.247 e. The number of hydrogen-bond donors (Lipinski definition) is 2. The summed E-state index contributed by atoms with van der Waals surface area (Å²) in [6.45, 7) is 7.14. The number of aryl methyl sites for hydroxylation is 1. The number of likely N-dealkylation sites (N-methyl/N-ethyl adjacent to an activating group) is 1. The number of carbonyl (C=O) groups excluding carboxylic acids is 1. The Morgan fingerprint density at radius 1 is 1.19 bits per heavy atom. The van der Waals surface area contributed by atoms with Crippen molar-refractivity contribution in [3.63, 3.8) is 0 Å². The zero-order chi connectivity index (χ0) is 25.9. The molecule has 37 heavy (non-hydrogen) atoms. The highest BCUT2D eigenvalue weighted by atomic mass is 19.1. The van der Waals surface area contributed by atoms with Gasteiger partial charge in [-0.3, -0.25) is 9.78 Å². The van der Waals surface area contributed by atoms with E-state index >= 15 is 0 Å². The van der Waals surface area contributed by atoms with Gasteiger partial charge in [0.1, 0.15) is 29.8 Å². The Morgan fingerprint density at radius 3 is 2.81 bits per heavy atom. The Morgan fingerprint density at radius 2 is 2.05 bits per heavy atom. The van der Waals surface area contributed by atoms with Gasteiger partial charge in [-0.05, 0) is 62.4 Å². The molecule has 5 rings (SSSR count). The normalized spacial score (nSPS) is 15.5. The lowest BCUT2D eigenvalue weighted by Gasteiger charge is -2.18. The van der Waals surface area contributed by atoms with Crippen LogP contribution in [-0.2, 0) is 4.79 Å². The van der Waals surface area contributed by atoms with Gasteiger partial charge >= 0.3 is 0 Å². The van der Waals surface area contributed by atoms with Gasteiger partial charge in [-0.15, -0.1) is 0 Å². The highest BCUT2D eigenvalue weighted by molar-refractivity contribution is 6.03. The number of pyridine rings is 1. The van der Waals surface area contributed by atoms with E-state index in [1.54, 1.807) is 36.5 Å². The van der Waals surface area contributed by atoms with Crippen molar-refractivity contribution >= 4 is 34.0 Å². The number of rotatable bonds is 7. The number of fused-ring (bicyclic) bond motifs is 1. The summed E-state index contributed by atoms with van der Waals surface area (Å²) in [5, 5.41) is 6.80.